The average Bonchev–Trinajstić information content (AvgIpc) is 2.96. The lowest BCUT2D eigenvalue weighted by Crippen LogP contribution is -2.44. The molecule has 1 aromatic carbocycles. The molecule has 6 heteroatoms. The Morgan fingerprint density at radius 3 is 2.54 bits per heavy atom. The van der Waals surface area contributed by atoms with E-state index in [2.05, 4.69) is 6.07 Å². The van der Waals surface area contributed by atoms with Gasteiger partial charge in [-0.2, -0.15) is 5.26 Å². The zero-order chi connectivity index (χ0) is 17.7. The van der Waals surface area contributed by atoms with Gasteiger partial charge in [-0.1, -0.05) is 30.3 Å². The highest BCUT2D eigenvalue weighted by atomic mass is 16.6. The maximum absolute atomic E-state index is 12.4. The van der Waals surface area contributed by atoms with Crippen LogP contribution in [-0.4, -0.2) is 35.2 Å². The minimum absolute atomic E-state index is 0.134. The van der Waals surface area contributed by atoms with E-state index in [9.17, 15) is 9.59 Å². The van der Waals surface area contributed by atoms with E-state index >= 15 is 0 Å². The van der Waals surface area contributed by atoms with Gasteiger partial charge < -0.3 is 9.47 Å². The van der Waals surface area contributed by atoms with Gasteiger partial charge in [0.2, 0.25) is 0 Å². The van der Waals surface area contributed by atoms with Crippen LogP contribution in [0.15, 0.2) is 30.3 Å². The molecular weight excluding hydrogens is 308 g/mol. The van der Waals surface area contributed by atoms with Crippen molar-refractivity contribution in [3.05, 3.63) is 35.9 Å². The van der Waals surface area contributed by atoms with Crippen LogP contribution in [0, 0.1) is 17.2 Å². The first-order valence-corrected chi connectivity index (χ1v) is 7.90. The van der Waals surface area contributed by atoms with E-state index in [0.717, 1.165) is 5.56 Å². The third-order valence-corrected chi connectivity index (χ3v) is 3.61. The maximum Gasteiger partial charge on any atom is 0.411 e. The molecule has 2 rings (SSSR count). The predicted octanol–water partition coefficient (Wildman–Crippen LogP) is 2.88. The molecule has 0 saturated carbocycles. The van der Waals surface area contributed by atoms with Crippen molar-refractivity contribution in [1.82, 2.24) is 4.90 Å². The number of nitriles is 1. The Hall–Kier alpha value is -2.55. The van der Waals surface area contributed by atoms with Crippen molar-refractivity contribution in [3.63, 3.8) is 0 Å². The second-order valence-electron chi connectivity index (χ2n) is 6.80. The quantitative estimate of drug-likeness (QED) is 0.796. The largest absolute Gasteiger partial charge is 0.459 e. The van der Waals surface area contributed by atoms with Crippen LogP contribution in [0.4, 0.5) is 4.79 Å². The molecule has 1 amide bonds. The Morgan fingerprint density at radius 1 is 1.29 bits per heavy atom. The Kier molecular flexibility index (Phi) is 5.45. The molecule has 0 aliphatic carbocycles. The van der Waals surface area contributed by atoms with Crippen molar-refractivity contribution >= 4 is 12.1 Å². The summed E-state index contributed by atoms with van der Waals surface area (Å²) in [5.41, 5.74) is 0.199. The molecule has 0 aromatic heterocycles. The van der Waals surface area contributed by atoms with Crippen LogP contribution in [0.3, 0.4) is 0 Å². The van der Waals surface area contributed by atoms with Crippen LogP contribution in [0.1, 0.15) is 32.8 Å². The van der Waals surface area contributed by atoms with Gasteiger partial charge in [0.25, 0.3) is 0 Å². The first-order valence-electron chi connectivity index (χ1n) is 7.90. The summed E-state index contributed by atoms with van der Waals surface area (Å²) in [6.45, 7) is 5.58. The molecule has 0 N–H and O–H groups in total. The van der Waals surface area contributed by atoms with Gasteiger partial charge >= 0.3 is 12.1 Å². The van der Waals surface area contributed by atoms with Crippen LogP contribution in [0.25, 0.3) is 0 Å². The molecule has 2 atom stereocenters. The van der Waals surface area contributed by atoms with Gasteiger partial charge in [0.15, 0.2) is 0 Å². The van der Waals surface area contributed by atoms with Gasteiger partial charge in [0.1, 0.15) is 18.2 Å². The lowest BCUT2D eigenvalue weighted by Gasteiger charge is -2.27. The Morgan fingerprint density at radius 2 is 1.96 bits per heavy atom. The number of hydrogen-bond donors (Lipinski definition) is 0. The molecule has 0 radical (unpaired) electrons. The van der Waals surface area contributed by atoms with Crippen molar-refractivity contribution in [2.45, 2.75) is 45.4 Å². The topological polar surface area (TPSA) is 79.6 Å². The van der Waals surface area contributed by atoms with Crippen LogP contribution >= 0.6 is 0 Å². The second kappa shape index (κ2) is 7.35. The summed E-state index contributed by atoms with van der Waals surface area (Å²) in [6.07, 6.45) is -0.328. The molecule has 1 heterocycles. The lowest BCUT2D eigenvalue weighted by atomic mass is 10.1. The SMILES string of the molecule is CC(C)(C)OC(=O)N1C[C@H](C#N)C[C@H]1C(=O)OCc1ccccc1. The highest BCUT2D eigenvalue weighted by Crippen LogP contribution is 2.26. The van der Waals surface area contributed by atoms with E-state index in [1.807, 2.05) is 30.3 Å². The van der Waals surface area contributed by atoms with Gasteiger partial charge in [0.05, 0.1) is 12.0 Å². The standard InChI is InChI=1S/C18H22N2O4/c1-18(2,3)24-17(22)20-11-14(10-19)9-15(20)16(21)23-12-13-7-5-4-6-8-13/h4-8,14-15H,9,11-12H2,1-3H3/t14-,15-/m0/s1. The maximum atomic E-state index is 12.4. The van der Waals surface area contributed by atoms with E-state index < -0.39 is 29.6 Å². The van der Waals surface area contributed by atoms with Crippen molar-refractivity contribution < 1.29 is 19.1 Å². The predicted molar refractivity (Wildman–Crippen MR) is 86.7 cm³/mol. The van der Waals surface area contributed by atoms with E-state index in [1.54, 1.807) is 20.8 Å². The van der Waals surface area contributed by atoms with Gasteiger partial charge in [-0.15, -0.1) is 0 Å². The number of benzene rings is 1. The fraction of sp³-hybridized carbons (Fsp3) is 0.500. The molecule has 24 heavy (non-hydrogen) atoms. The van der Waals surface area contributed by atoms with Crippen LogP contribution < -0.4 is 0 Å². The molecule has 0 spiro atoms. The van der Waals surface area contributed by atoms with Crippen molar-refractivity contribution in [1.29, 1.82) is 5.26 Å². The fourth-order valence-corrected chi connectivity index (χ4v) is 2.50. The summed E-state index contributed by atoms with van der Waals surface area (Å²) in [6, 6.07) is 10.6. The Labute approximate surface area is 142 Å². The minimum Gasteiger partial charge on any atom is -0.459 e. The zero-order valence-corrected chi connectivity index (χ0v) is 14.2. The molecule has 1 aliphatic heterocycles. The molecular formula is C18H22N2O4. The van der Waals surface area contributed by atoms with Gasteiger partial charge in [0, 0.05) is 6.54 Å². The summed E-state index contributed by atoms with van der Waals surface area (Å²) in [5.74, 6) is -0.908. The number of amides is 1. The van der Waals surface area contributed by atoms with Crippen LogP contribution in [-0.2, 0) is 20.9 Å². The lowest BCUT2D eigenvalue weighted by molar-refractivity contribution is -0.150. The Balaban J connectivity index is 2.03. The van der Waals surface area contributed by atoms with Crippen molar-refractivity contribution in [2.75, 3.05) is 6.54 Å². The molecule has 6 nitrogen and oxygen atoms in total. The van der Waals surface area contributed by atoms with Crippen molar-refractivity contribution in [2.24, 2.45) is 5.92 Å². The minimum atomic E-state index is -0.784. The number of esters is 1. The number of nitrogens with zero attached hydrogens (tertiary/aromatic N) is 2. The first kappa shape index (κ1) is 17.8. The van der Waals surface area contributed by atoms with Crippen LogP contribution in [0.5, 0.6) is 0 Å². The van der Waals surface area contributed by atoms with Crippen LogP contribution in [0.2, 0.25) is 0 Å². The molecule has 0 bridgehead atoms. The number of ether oxygens (including phenoxy) is 2. The zero-order valence-electron chi connectivity index (χ0n) is 14.2. The average molecular weight is 330 g/mol. The van der Waals surface area contributed by atoms with E-state index in [0.29, 0.717) is 0 Å². The summed E-state index contributed by atoms with van der Waals surface area (Å²) in [5, 5.41) is 9.12. The smallest absolute Gasteiger partial charge is 0.411 e. The third kappa shape index (κ3) is 4.72. The summed E-state index contributed by atoms with van der Waals surface area (Å²) >= 11 is 0. The molecule has 1 aromatic rings. The number of rotatable bonds is 3. The Bertz CT molecular complexity index is 631. The number of likely N-dealkylation sites (tertiary alicyclic amines) is 1. The normalized spacial score (nSPS) is 20.3. The number of carbonyl (C=O) groups excluding carboxylic acids is 2. The van der Waals surface area contributed by atoms with E-state index in [1.165, 1.54) is 4.90 Å². The summed E-state index contributed by atoms with van der Waals surface area (Å²) in [7, 11) is 0. The highest BCUT2D eigenvalue weighted by molar-refractivity contribution is 5.82. The van der Waals surface area contributed by atoms with Gasteiger partial charge in [-0.05, 0) is 32.8 Å². The van der Waals surface area contributed by atoms with E-state index in [-0.39, 0.29) is 19.6 Å². The van der Waals surface area contributed by atoms with Gasteiger partial charge in [-0.25, -0.2) is 9.59 Å². The highest BCUT2D eigenvalue weighted by Gasteiger charge is 2.42. The third-order valence-electron chi connectivity index (χ3n) is 3.61. The number of carbonyl (C=O) groups is 2. The van der Waals surface area contributed by atoms with Gasteiger partial charge in [-0.3, -0.25) is 4.90 Å². The first-order chi connectivity index (χ1) is 11.3. The van der Waals surface area contributed by atoms with Crippen molar-refractivity contribution in [3.8, 4) is 6.07 Å². The fourth-order valence-electron chi connectivity index (χ4n) is 2.50. The summed E-state index contributed by atoms with van der Waals surface area (Å²) < 4.78 is 10.6. The second-order valence-corrected chi connectivity index (χ2v) is 6.80. The summed E-state index contributed by atoms with van der Waals surface area (Å²) in [4.78, 5) is 26.0. The molecule has 1 aliphatic rings. The monoisotopic (exact) mass is 330 g/mol. The molecule has 1 fully saturated rings. The molecule has 0 unspecified atom stereocenters. The van der Waals surface area contributed by atoms with E-state index in [4.69, 9.17) is 14.7 Å². The molecule has 1 saturated heterocycles. The number of hydrogen-bond acceptors (Lipinski definition) is 5. The molecule has 128 valence electrons.